The number of rotatable bonds is 10. The fraction of sp³-hybridized carbons (Fsp3) is 0.345. The Morgan fingerprint density at radius 2 is 1.45 bits per heavy atom. The monoisotopic (exact) mass is 569 g/mol. The number of aliphatic hydroxyl groups excluding tert-OH is 1. The molecule has 1 amide bonds. The van der Waals surface area contributed by atoms with Crippen LogP contribution in [0.2, 0.25) is 0 Å². The first kappa shape index (κ1) is 28.6. The maximum Gasteiger partial charge on any atom is 0.477 e. The van der Waals surface area contributed by atoms with Gasteiger partial charge < -0.3 is 24.6 Å². The SMILES string of the molecule is CC(=O)N[C@H]1[C@@H](OP(=O)(OCc2ccccc2)OCc2ccccc2)O[C@@H]2COC(c3ccccc3)O[C@H]2[C@@H]1O. The van der Waals surface area contributed by atoms with Crippen molar-refractivity contribution in [3.63, 3.8) is 0 Å². The summed E-state index contributed by atoms with van der Waals surface area (Å²) in [5, 5.41) is 14.0. The van der Waals surface area contributed by atoms with Crippen LogP contribution < -0.4 is 5.32 Å². The Morgan fingerprint density at radius 3 is 2.00 bits per heavy atom. The summed E-state index contributed by atoms with van der Waals surface area (Å²) in [6.45, 7) is 1.23. The van der Waals surface area contributed by atoms with Crippen molar-refractivity contribution in [2.45, 2.75) is 57.1 Å². The lowest BCUT2D eigenvalue weighted by atomic mass is 9.96. The van der Waals surface area contributed by atoms with Crippen molar-refractivity contribution < 1.29 is 42.2 Å². The van der Waals surface area contributed by atoms with E-state index >= 15 is 0 Å². The summed E-state index contributed by atoms with van der Waals surface area (Å²) >= 11 is 0. The Labute approximate surface area is 232 Å². The predicted molar refractivity (Wildman–Crippen MR) is 143 cm³/mol. The first-order valence-electron chi connectivity index (χ1n) is 13.0. The van der Waals surface area contributed by atoms with Gasteiger partial charge in [0.15, 0.2) is 12.6 Å². The third kappa shape index (κ3) is 7.23. The Hall–Kier alpha value is -2.92. The average molecular weight is 570 g/mol. The number of hydrogen-bond donors (Lipinski definition) is 2. The molecule has 0 aliphatic carbocycles. The number of ether oxygens (including phenoxy) is 3. The number of carbonyl (C=O) groups excluding carboxylic acids is 1. The van der Waals surface area contributed by atoms with Crippen LogP contribution in [0.5, 0.6) is 0 Å². The highest BCUT2D eigenvalue weighted by Crippen LogP contribution is 2.53. The van der Waals surface area contributed by atoms with Crippen molar-refractivity contribution in [2.24, 2.45) is 0 Å². The summed E-state index contributed by atoms with van der Waals surface area (Å²) in [7, 11) is -4.30. The molecule has 2 aliphatic rings. The van der Waals surface area contributed by atoms with Crippen molar-refractivity contribution in [1.82, 2.24) is 5.32 Å². The first-order chi connectivity index (χ1) is 19.4. The summed E-state index contributed by atoms with van der Waals surface area (Å²) in [6.07, 6.45) is -5.03. The van der Waals surface area contributed by atoms with Gasteiger partial charge in [-0.25, -0.2) is 4.57 Å². The minimum absolute atomic E-state index is 0.0635. The third-order valence-electron chi connectivity index (χ3n) is 6.50. The summed E-state index contributed by atoms with van der Waals surface area (Å²) < 4.78 is 49.2. The summed E-state index contributed by atoms with van der Waals surface area (Å²) in [6, 6.07) is 26.4. The quantitative estimate of drug-likeness (QED) is 0.345. The zero-order valence-corrected chi connectivity index (χ0v) is 22.8. The van der Waals surface area contributed by atoms with Gasteiger partial charge in [-0.3, -0.25) is 18.4 Å². The van der Waals surface area contributed by atoms with E-state index in [1.807, 2.05) is 91.0 Å². The maximum atomic E-state index is 14.0. The largest absolute Gasteiger partial charge is 0.477 e. The smallest absolute Gasteiger partial charge is 0.388 e. The van der Waals surface area contributed by atoms with E-state index in [0.29, 0.717) is 0 Å². The van der Waals surface area contributed by atoms with Crippen LogP contribution in [0.3, 0.4) is 0 Å². The number of hydrogen-bond acceptors (Lipinski definition) is 9. The molecule has 5 rings (SSSR count). The molecule has 0 radical (unpaired) electrons. The molecule has 10 nitrogen and oxygen atoms in total. The predicted octanol–water partition coefficient (Wildman–Crippen LogP) is 4.25. The number of fused-ring (bicyclic) bond motifs is 1. The lowest BCUT2D eigenvalue weighted by Gasteiger charge is -2.47. The zero-order valence-electron chi connectivity index (χ0n) is 21.9. The van der Waals surface area contributed by atoms with Gasteiger partial charge in [0.2, 0.25) is 5.91 Å². The summed E-state index contributed by atoms with van der Waals surface area (Å²) in [5.74, 6) is -0.448. The number of phosphoric acid groups is 1. The van der Waals surface area contributed by atoms with Crippen molar-refractivity contribution in [3.05, 3.63) is 108 Å². The molecular weight excluding hydrogens is 537 g/mol. The van der Waals surface area contributed by atoms with Crippen LogP contribution in [0.4, 0.5) is 0 Å². The van der Waals surface area contributed by atoms with Crippen molar-refractivity contribution >= 4 is 13.7 Å². The van der Waals surface area contributed by atoms with Gasteiger partial charge in [0.25, 0.3) is 0 Å². The standard InChI is InChI=1S/C29H32NO9P/c1-20(31)30-25-26(32)27-24(19-34-28(38-27)23-15-9-4-10-16-23)37-29(25)39-40(33,35-17-21-11-5-2-6-12-21)36-18-22-13-7-3-8-14-22/h2-16,24-29,32H,17-19H2,1H3,(H,30,31)/t24-,25-,26-,27-,28?,29-/m1/s1. The minimum atomic E-state index is -4.30. The van der Waals surface area contributed by atoms with Gasteiger partial charge >= 0.3 is 7.82 Å². The second-order valence-corrected chi connectivity index (χ2v) is 11.1. The molecule has 212 valence electrons. The maximum absolute atomic E-state index is 14.0. The van der Waals surface area contributed by atoms with Crippen LogP contribution in [-0.4, -0.2) is 48.3 Å². The van der Waals surface area contributed by atoms with Crippen LogP contribution >= 0.6 is 7.82 Å². The van der Waals surface area contributed by atoms with Gasteiger partial charge in [-0.15, -0.1) is 0 Å². The molecule has 2 N–H and O–H groups in total. The second kappa shape index (κ2) is 13.2. The zero-order chi connectivity index (χ0) is 28.0. The first-order valence-corrected chi connectivity index (χ1v) is 14.4. The fourth-order valence-corrected chi connectivity index (χ4v) is 5.78. The van der Waals surface area contributed by atoms with Gasteiger partial charge in [0.1, 0.15) is 24.4 Å². The molecule has 2 saturated heterocycles. The Balaban J connectivity index is 1.35. The number of nitrogens with one attached hydrogen (secondary N) is 1. The third-order valence-corrected chi connectivity index (χ3v) is 7.86. The highest BCUT2D eigenvalue weighted by atomic mass is 31.2. The minimum Gasteiger partial charge on any atom is -0.388 e. The molecule has 3 aromatic carbocycles. The van der Waals surface area contributed by atoms with E-state index in [2.05, 4.69) is 5.32 Å². The molecule has 3 aromatic rings. The second-order valence-electron chi connectivity index (χ2n) is 9.51. The molecule has 0 spiro atoms. The van der Waals surface area contributed by atoms with E-state index in [1.165, 1.54) is 6.92 Å². The molecule has 2 heterocycles. The highest BCUT2D eigenvalue weighted by Gasteiger charge is 2.52. The molecular formula is C29H32NO9P. The van der Waals surface area contributed by atoms with Crippen LogP contribution in [-0.2, 0) is 50.4 Å². The van der Waals surface area contributed by atoms with Gasteiger partial charge in [0, 0.05) is 12.5 Å². The Bertz CT molecular complexity index is 1230. The van der Waals surface area contributed by atoms with Crippen molar-refractivity contribution in [2.75, 3.05) is 6.61 Å². The number of carbonyl (C=O) groups is 1. The van der Waals surface area contributed by atoms with E-state index in [4.69, 9.17) is 27.8 Å². The highest BCUT2D eigenvalue weighted by molar-refractivity contribution is 7.48. The normalized spacial score (nSPS) is 26.6. The summed E-state index contributed by atoms with van der Waals surface area (Å²) in [4.78, 5) is 12.1. The van der Waals surface area contributed by atoms with E-state index in [-0.39, 0.29) is 19.8 Å². The molecule has 40 heavy (non-hydrogen) atoms. The number of phosphoric ester groups is 1. The fourth-order valence-electron chi connectivity index (χ4n) is 4.53. The van der Waals surface area contributed by atoms with E-state index in [9.17, 15) is 14.5 Å². The van der Waals surface area contributed by atoms with Crippen LogP contribution in [0.1, 0.15) is 29.9 Å². The Kier molecular flexibility index (Phi) is 9.41. The molecule has 0 bridgehead atoms. The van der Waals surface area contributed by atoms with Gasteiger partial charge in [-0.2, -0.15) is 0 Å². The van der Waals surface area contributed by atoms with E-state index in [1.54, 1.807) is 0 Å². The topological polar surface area (TPSA) is 122 Å². The van der Waals surface area contributed by atoms with Crippen molar-refractivity contribution in [3.8, 4) is 0 Å². The molecule has 1 unspecified atom stereocenters. The molecule has 6 atom stereocenters. The van der Waals surface area contributed by atoms with Gasteiger partial charge in [-0.05, 0) is 11.1 Å². The van der Waals surface area contributed by atoms with Crippen LogP contribution in [0.15, 0.2) is 91.0 Å². The molecule has 0 saturated carbocycles. The van der Waals surface area contributed by atoms with Gasteiger partial charge in [-0.1, -0.05) is 91.0 Å². The molecule has 0 aromatic heterocycles. The lowest BCUT2D eigenvalue weighted by molar-refractivity contribution is -0.335. The lowest BCUT2D eigenvalue weighted by Crippen LogP contribution is -2.66. The molecule has 2 aliphatic heterocycles. The van der Waals surface area contributed by atoms with E-state index in [0.717, 1.165) is 16.7 Å². The number of benzene rings is 3. The molecule has 2 fully saturated rings. The van der Waals surface area contributed by atoms with Gasteiger partial charge in [0.05, 0.1) is 19.8 Å². The molecule has 11 heteroatoms. The summed E-state index contributed by atoms with van der Waals surface area (Å²) in [5.41, 5.74) is 2.27. The number of aliphatic hydroxyl groups is 1. The van der Waals surface area contributed by atoms with E-state index < -0.39 is 50.7 Å². The average Bonchev–Trinajstić information content (AvgIpc) is 2.98. The Morgan fingerprint density at radius 1 is 0.900 bits per heavy atom. The van der Waals surface area contributed by atoms with Crippen LogP contribution in [0, 0.1) is 0 Å². The number of amides is 1. The van der Waals surface area contributed by atoms with Crippen molar-refractivity contribution in [1.29, 1.82) is 0 Å². The van der Waals surface area contributed by atoms with Crippen LogP contribution in [0.25, 0.3) is 0 Å².